The molecule has 3 N–H and O–H groups in total. The fourth-order valence-corrected chi connectivity index (χ4v) is 4.41. The minimum absolute atomic E-state index is 0.131. The van der Waals surface area contributed by atoms with Crippen LogP contribution in [0.5, 0.6) is 0 Å². The predicted octanol–water partition coefficient (Wildman–Crippen LogP) is 3.83. The number of hydrogen-bond donors (Lipinski definition) is 3. The smallest absolute Gasteiger partial charge is 0.255 e. The van der Waals surface area contributed by atoms with Crippen molar-refractivity contribution in [1.29, 1.82) is 0 Å². The van der Waals surface area contributed by atoms with Crippen LogP contribution >= 0.6 is 0 Å². The lowest BCUT2D eigenvalue weighted by Gasteiger charge is -2.20. The van der Waals surface area contributed by atoms with E-state index in [2.05, 4.69) is 28.3 Å². The Morgan fingerprint density at radius 1 is 1.19 bits per heavy atom. The zero-order valence-electron chi connectivity index (χ0n) is 18.2. The van der Waals surface area contributed by atoms with E-state index >= 15 is 0 Å². The molecule has 1 amide bonds. The molecule has 0 unspecified atom stereocenters. The van der Waals surface area contributed by atoms with Crippen molar-refractivity contribution in [1.82, 2.24) is 20.2 Å². The third-order valence-corrected chi connectivity index (χ3v) is 6.18. The minimum Gasteiger partial charge on any atom is -0.387 e. The first-order chi connectivity index (χ1) is 15.1. The molecule has 1 saturated heterocycles. The average molecular weight is 421 g/mol. The number of likely N-dealkylation sites (tertiary alicyclic amines) is 1. The van der Waals surface area contributed by atoms with Gasteiger partial charge in [0.2, 0.25) is 0 Å². The maximum atomic E-state index is 13.2. The normalized spacial score (nSPS) is 16.8. The molecule has 1 fully saturated rings. The van der Waals surface area contributed by atoms with Gasteiger partial charge in [-0.25, -0.2) is 0 Å². The van der Waals surface area contributed by atoms with Crippen molar-refractivity contribution in [2.75, 3.05) is 19.6 Å². The molecule has 1 aromatic carbocycles. The van der Waals surface area contributed by atoms with Crippen LogP contribution in [0.1, 0.15) is 60.2 Å². The van der Waals surface area contributed by atoms with Crippen molar-refractivity contribution in [2.45, 2.75) is 51.2 Å². The van der Waals surface area contributed by atoms with Gasteiger partial charge in [-0.05, 0) is 43.9 Å². The third-order valence-electron chi connectivity index (χ3n) is 6.18. The fraction of sp³-hybridized carbons (Fsp3) is 0.440. The highest BCUT2D eigenvalue weighted by atomic mass is 16.3. The standard InChI is InChI=1S/C25H32N4O2/c1-18(27-17-23(30)19-8-7-11-26-15-19)14-20-16-28-24-21(20)9-6-10-22(24)25(31)29-12-4-2-3-5-13-29/h6-11,15-16,18,23,27-28,30H,2-5,12-14,17H2,1H3/t18-,23+/m1/s1. The molecule has 0 spiro atoms. The molecule has 0 radical (unpaired) electrons. The summed E-state index contributed by atoms with van der Waals surface area (Å²) in [5.74, 6) is 0.131. The van der Waals surface area contributed by atoms with E-state index < -0.39 is 6.10 Å². The summed E-state index contributed by atoms with van der Waals surface area (Å²) < 4.78 is 0. The number of fused-ring (bicyclic) bond motifs is 1. The van der Waals surface area contributed by atoms with E-state index in [0.29, 0.717) is 6.54 Å². The average Bonchev–Trinajstić information content (AvgIpc) is 3.02. The summed E-state index contributed by atoms with van der Waals surface area (Å²) in [6.07, 6.45) is 10.2. The van der Waals surface area contributed by atoms with Crippen LogP contribution < -0.4 is 5.32 Å². The quantitative estimate of drug-likeness (QED) is 0.543. The van der Waals surface area contributed by atoms with Crippen LogP contribution in [0, 0.1) is 0 Å². The van der Waals surface area contributed by atoms with Gasteiger partial charge in [-0.2, -0.15) is 0 Å². The van der Waals surface area contributed by atoms with Crippen molar-refractivity contribution in [3.63, 3.8) is 0 Å². The summed E-state index contributed by atoms with van der Waals surface area (Å²) in [6.45, 7) is 4.28. The summed E-state index contributed by atoms with van der Waals surface area (Å²) in [6, 6.07) is 9.88. The minimum atomic E-state index is -0.586. The van der Waals surface area contributed by atoms with Gasteiger partial charge in [-0.1, -0.05) is 31.0 Å². The lowest BCUT2D eigenvalue weighted by molar-refractivity contribution is 0.0763. The molecular weight excluding hydrogens is 388 g/mol. The second-order valence-electron chi connectivity index (χ2n) is 8.56. The van der Waals surface area contributed by atoms with Crippen LogP contribution in [-0.4, -0.2) is 51.6 Å². The van der Waals surface area contributed by atoms with E-state index in [-0.39, 0.29) is 11.9 Å². The van der Waals surface area contributed by atoms with Crippen LogP contribution in [0.15, 0.2) is 48.9 Å². The molecule has 0 aliphatic carbocycles. The molecular formula is C25H32N4O2. The van der Waals surface area contributed by atoms with E-state index in [1.54, 1.807) is 12.4 Å². The van der Waals surface area contributed by atoms with Gasteiger partial charge in [0.1, 0.15) is 0 Å². The van der Waals surface area contributed by atoms with Gasteiger partial charge in [-0.3, -0.25) is 9.78 Å². The molecule has 6 heteroatoms. The van der Waals surface area contributed by atoms with Gasteiger partial charge in [0, 0.05) is 55.2 Å². The van der Waals surface area contributed by atoms with Gasteiger partial charge in [-0.15, -0.1) is 0 Å². The number of para-hydroxylation sites is 1. The first kappa shape index (κ1) is 21.5. The lowest BCUT2D eigenvalue weighted by Crippen LogP contribution is -2.32. The van der Waals surface area contributed by atoms with Crippen LogP contribution in [-0.2, 0) is 6.42 Å². The summed E-state index contributed by atoms with van der Waals surface area (Å²) >= 11 is 0. The number of H-pyrrole nitrogens is 1. The molecule has 31 heavy (non-hydrogen) atoms. The number of carbonyl (C=O) groups is 1. The summed E-state index contributed by atoms with van der Waals surface area (Å²) in [7, 11) is 0. The zero-order chi connectivity index (χ0) is 21.6. The highest BCUT2D eigenvalue weighted by molar-refractivity contribution is 6.06. The van der Waals surface area contributed by atoms with Crippen molar-refractivity contribution in [3.8, 4) is 0 Å². The lowest BCUT2D eigenvalue weighted by atomic mass is 10.0. The van der Waals surface area contributed by atoms with Gasteiger partial charge in [0.05, 0.1) is 17.2 Å². The van der Waals surface area contributed by atoms with Crippen molar-refractivity contribution < 1.29 is 9.90 Å². The van der Waals surface area contributed by atoms with E-state index in [0.717, 1.165) is 54.4 Å². The number of aliphatic hydroxyl groups is 1. The number of nitrogens with zero attached hydrogens (tertiary/aromatic N) is 2. The summed E-state index contributed by atoms with van der Waals surface area (Å²) in [5.41, 5.74) is 3.68. The van der Waals surface area contributed by atoms with Crippen molar-refractivity contribution >= 4 is 16.8 Å². The first-order valence-electron chi connectivity index (χ1n) is 11.3. The SMILES string of the molecule is C[C@H](Cc1c[nH]c2c(C(=O)N3CCCCCC3)cccc12)NC[C@H](O)c1cccnc1. The number of benzene rings is 1. The van der Waals surface area contributed by atoms with Crippen LogP contribution in [0.2, 0.25) is 0 Å². The molecule has 0 saturated carbocycles. The number of aromatic amines is 1. The molecule has 2 aromatic heterocycles. The number of aliphatic hydroxyl groups excluding tert-OH is 1. The van der Waals surface area contributed by atoms with Gasteiger partial charge >= 0.3 is 0 Å². The Morgan fingerprint density at radius 3 is 2.74 bits per heavy atom. The number of pyridine rings is 1. The highest BCUT2D eigenvalue weighted by Gasteiger charge is 2.21. The van der Waals surface area contributed by atoms with E-state index in [9.17, 15) is 9.90 Å². The van der Waals surface area contributed by atoms with Gasteiger partial charge in [0.15, 0.2) is 0 Å². The summed E-state index contributed by atoms with van der Waals surface area (Å²) in [4.78, 5) is 22.6. The molecule has 2 atom stereocenters. The van der Waals surface area contributed by atoms with Crippen molar-refractivity contribution in [3.05, 3.63) is 65.6 Å². The second kappa shape index (κ2) is 10.1. The molecule has 1 aliphatic heterocycles. The zero-order valence-corrected chi connectivity index (χ0v) is 18.2. The number of nitrogens with one attached hydrogen (secondary N) is 2. The summed E-state index contributed by atoms with van der Waals surface area (Å²) in [5, 5.41) is 14.9. The topological polar surface area (TPSA) is 81.2 Å². The number of carbonyl (C=O) groups excluding carboxylic acids is 1. The number of aromatic nitrogens is 2. The molecule has 4 rings (SSSR count). The Kier molecular flexibility index (Phi) is 6.99. The predicted molar refractivity (Wildman–Crippen MR) is 123 cm³/mol. The monoisotopic (exact) mass is 420 g/mol. The molecule has 3 heterocycles. The first-order valence-corrected chi connectivity index (χ1v) is 11.3. The molecule has 0 bridgehead atoms. The van der Waals surface area contributed by atoms with Crippen LogP contribution in [0.25, 0.3) is 10.9 Å². The Morgan fingerprint density at radius 2 is 2.00 bits per heavy atom. The van der Waals surface area contributed by atoms with Crippen LogP contribution in [0.4, 0.5) is 0 Å². The second-order valence-corrected chi connectivity index (χ2v) is 8.56. The van der Waals surface area contributed by atoms with Gasteiger partial charge in [0.25, 0.3) is 5.91 Å². The Balaban J connectivity index is 1.43. The Labute approximate surface area is 183 Å². The largest absolute Gasteiger partial charge is 0.387 e. The molecule has 164 valence electrons. The maximum Gasteiger partial charge on any atom is 0.255 e. The Bertz CT molecular complexity index is 993. The number of hydrogen-bond acceptors (Lipinski definition) is 4. The van der Waals surface area contributed by atoms with E-state index in [1.807, 2.05) is 35.4 Å². The molecule has 1 aliphatic rings. The van der Waals surface area contributed by atoms with Crippen LogP contribution in [0.3, 0.4) is 0 Å². The molecule has 6 nitrogen and oxygen atoms in total. The Hall–Kier alpha value is -2.70. The highest BCUT2D eigenvalue weighted by Crippen LogP contribution is 2.25. The van der Waals surface area contributed by atoms with E-state index in [4.69, 9.17) is 0 Å². The van der Waals surface area contributed by atoms with Gasteiger partial charge < -0.3 is 20.3 Å². The number of amides is 1. The maximum absolute atomic E-state index is 13.2. The molecule has 3 aromatic rings. The number of rotatable bonds is 7. The fourth-order valence-electron chi connectivity index (χ4n) is 4.41. The third kappa shape index (κ3) is 5.14. The van der Waals surface area contributed by atoms with E-state index in [1.165, 1.54) is 18.4 Å². The van der Waals surface area contributed by atoms with Crippen molar-refractivity contribution in [2.24, 2.45) is 0 Å².